The Bertz CT molecular complexity index is 1050. The molecule has 3 aliphatic rings. The van der Waals surface area contributed by atoms with E-state index in [9.17, 15) is 9.59 Å². The van der Waals surface area contributed by atoms with Gasteiger partial charge in [-0.2, -0.15) is 10.1 Å². The van der Waals surface area contributed by atoms with Crippen molar-refractivity contribution in [2.24, 2.45) is 28.8 Å². The molecule has 0 spiro atoms. The maximum absolute atomic E-state index is 12.8. The molecule has 152 valence electrons. The highest BCUT2D eigenvalue weighted by Gasteiger charge is 2.59. The summed E-state index contributed by atoms with van der Waals surface area (Å²) in [5.41, 5.74) is 1.62. The van der Waals surface area contributed by atoms with Gasteiger partial charge in [0.1, 0.15) is 12.4 Å². The number of imide groups is 1. The number of amides is 2. The molecule has 2 bridgehead atoms. The maximum atomic E-state index is 12.8. The van der Waals surface area contributed by atoms with Gasteiger partial charge in [-0.3, -0.25) is 9.59 Å². The van der Waals surface area contributed by atoms with Gasteiger partial charge in [0.05, 0.1) is 18.1 Å². The summed E-state index contributed by atoms with van der Waals surface area (Å²) < 4.78 is 6.94. The molecule has 2 aromatic carbocycles. The molecule has 2 amide bonds. The van der Waals surface area contributed by atoms with Gasteiger partial charge in [0.25, 0.3) is 11.8 Å². The van der Waals surface area contributed by atoms with E-state index in [0.717, 1.165) is 21.5 Å². The molecule has 1 aliphatic heterocycles. The van der Waals surface area contributed by atoms with E-state index < -0.39 is 0 Å². The standard InChI is InChI=1S/C23H18BrClN2O3/c24-17-5-1-13(2-6-17)12-30-19-8-7-18(25)10-16(19)11-26-27-22(28)20-14-3-4-15(9-14)21(20)23(27)29/h1-8,10-11,14-15,20-21H,9,12H2/t14-,15-,20-,21+/m0/s1. The van der Waals surface area contributed by atoms with Crippen LogP contribution in [0.1, 0.15) is 17.5 Å². The zero-order valence-corrected chi connectivity index (χ0v) is 18.2. The molecule has 0 radical (unpaired) electrons. The van der Waals surface area contributed by atoms with Gasteiger partial charge in [-0.25, -0.2) is 0 Å². The van der Waals surface area contributed by atoms with Crippen molar-refractivity contribution in [2.45, 2.75) is 13.0 Å². The third kappa shape index (κ3) is 3.38. The fraction of sp³-hybridized carbons (Fsp3) is 0.261. The number of hydrogen-bond acceptors (Lipinski definition) is 4. The number of nitrogens with zero attached hydrogens (tertiary/aromatic N) is 2. The van der Waals surface area contributed by atoms with Crippen molar-refractivity contribution in [3.05, 3.63) is 75.2 Å². The van der Waals surface area contributed by atoms with Gasteiger partial charge in [0.15, 0.2) is 0 Å². The van der Waals surface area contributed by atoms with Gasteiger partial charge in [0, 0.05) is 15.1 Å². The predicted molar refractivity (Wildman–Crippen MR) is 117 cm³/mol. The Labute approximate surface area is 187 Å². The van der Waals surface area contributed by atoms with Crippen LogP contribution in [0.3, 0.4) is 0 Å². The predicted octanol–water partition coefficient (Wildman–Crippen LogP) is 4.82. The molecule has 7 heteroatoms. The molecule has 30 heavy (non-hydrogen) atoms. The van der Waals surface area contributed by atoms with Gasteiger partial charge < -0.3 is 4.74 Å². The lowest BCUT2D eigenvalue weighted by molar-refractivity contribution is -0.140. The van der Waals surface area contributed by atoms with E-state index in [4.69, 9.17) is 16.3 Å². The Morgan fingerprint density at radius 1 is 1.07 bits per heavy atom. The molecule has 4 atom stereocenters. The quantitative estimate of drug-likeness (QED) is 0.346. The monoisotopic (exact) mass is 484 g/mol. The van der Waals surface area contributed by atoms with Crippen LogP contribution in [0.15, 0.2) is 64.2 Å². The van der Waals surface area contributed by atoms with Crippen LogP contribution >= 0.6 is 27.5 Å². The first-order chi connectivity index (χ1) is 14.5. The molecular formula is C23H18BrClN2O3. The molecule has 0 N–H and O–H groups in total. The SMILES string of the molecule is O=C1[C@@H]2[C@H](C(=O)N1N=Cc1cc(Cl)ccc1OCc1ccc(Br)cc1)[C@H]1C=C[C@H]2C1. The van der Waals surface area contributed by atoms with Crippen LogP contribution in [0.25, 0.3) is 0 Å². The first kappa shape index (κ1) is 19.5. The lowest BCUT2D eigenvalue weighted by atomic mass is 9.85. The van der Waals surface area contributed by atoms with E-state index >= 15 is 0 Å². The van der Waals surface area contributed by atoms with E-state index in [1.54, 1.807) is 18.2 Å². The highest BCUT2D eigenvalue weighted by Crippen LogP contribution is 2.52. The zero-order valence-electron chi connectivity index (χ0n) is 15.9. The van der Waals surface area contributed by atoms with Crippen LogP contribution < -0.4 is 4.74 Å². The van der Waals surface area contributed by atoms with Crippen LogP contribution in [0.5, 0.6) is 5.75 Å². The van der Waals surface area contributed by atoms with Gasteiger partial charge >= 0.3 is 0 Å². The number of hydrazone groups is 1. The summed E-state index contributed by atoms with van der Waals surface area (Å²) >= 11 is 9.57. The molecule has 0 aromatic heterocycles. The van der Waals surface area contributed by atoms with Crippen molar-refractivity contribution in [1.29, 1.82) is 0 Å². The Balaban J connectivity index is 1.35. The van der Waals surface area contributed by atoms with E-state index in [1.807, 2.05) is 24.3 Å². The van der Waals surface area contributed by atoms with Gasteiger partial charge in [-0.15, -0.1) is 0 Å². The smallest absolute Gasteiger partial charge is 0.254 e. The third-order valence-corrected chi connectivity index (χ3v) is 6.80. The Morgan fingerprint density at radius 3 is 2.40 bits per heavy atom. The summed E-state index contributed by atoms with van der Waals surface area (Å²) in [5, 5.41) is 5.79. The number of carbonyl (C=O) groups is 2. The Hall–Kier alpha value is -2.44. The molecule has 1 heterocycles. The second kappa shape index (κ2) is 7.67. The summed E-state index contributed by atoms with van der Waals surface area (Å²) in [6.07, 6.45) is 6.51. The van der Waals surface area contributed by atoms with E-state index in [1.165, 1.54) is 6.21 Å². The average Bonchev–Trinajstić information content (AvgIpc) is 3.41. The lowest BCUT2D eigenvalue weighted by Crippen LogP contribution is -2.28. The largest absolute Gasteiger partial charge is 0.488 e. The minimum absolute atomic E-state index is 0.160. The molecule has 2 aromatic rings. The highest BCUT2D eigenvalue weighted by atomic mass is 79.9. The van der Waals surface area contributed by atoms with Crippen LogP contribution in [-0.2, 0) is 16.2 Å². The second-order valence-corrected chi connectivity index (χ2v) is 9.18. The topological polar surface area (TPSA) is 59.0 Å². The van der Waals surface area contributed by atoms with Crippen LogP contribution in [0.4, 0.5) is 0 Å². The maximum Gasteiger partial charge on any atom is 0.254 e. The minimum Gasteiger partial charge on any atom is -0.488 e. The third-order valence-electron chi connectivity index (χ3n) is 6.04. The van der Waals surface area contributed by atoms with E-state index in [-0.39, 0.29) is 35.5 Å². The van der Waals surface area contributed by atoms with Crippen LogP contribution in [0.2, 0.25) is 5.02 Å². The lowest BCUT2D eigenvalue weighted by Gasteiger charge is -2.13. The number of carbonyl (C=O) groups excluding carboxylic acids is 2. The summed E-state index contributed by atoms with van der Waals surface area (Å²) in [4.78, 5) is 25.6. The van der Waals surface area contributed by atoms with E-state index in [2.05, 4.69) is 33.2 Å². The number of allylic oxidation sites excluding steroid dienone is 2. The molecule has 0 unspecified atom stereocenters. The van der Waals surface area contributed by atoms with Crippen molar-refractivity contribution < 1.29 is 14.3 Å². The second-order valence-electron chi connectivity index (χ2n) is 7.83. The molecule has 1 saturated heterocycles. The number of fused-ring (bicyclic) bond motifs is 5. The van der Waals surface area contributed by atoms with Crippen LogP contribution in [0, 0.1) is 23.7 Å². The van der Waals surface area contributed by atoms with Gasteiger partial charge in [0.2, 0.25) is 0 Å². The Morgan fingerprint density at radius 2 is 1.73 bits per heavy atom. The first-order valence-corrected chi connectivity index (χ1v) is 11.0. The summed E-state index contributed by atoms with van der Waals surface area (Å²) in [7, 11) is 0. The fourth-order valence-electron chi connectivity index (χ4n) is 4.61. The number of rotatable bonds is 5. The number of ether oxygens (including phenoxy) is 1. The van der Waals surface area contributed by atoms with E-state index in [0.29, 0.717) is 22.9 Å². The first-order valence-electron chi connectivity index (χ1n) is 9.78. The normalized spacial score (nSPS) is 26.8. The Kier molecular flexibility index (Phi) is 4.99. The molecule has 2 aliphatic carbocycles. The molecular weight excluding hydrogens is 468 g/mol. The molecule has 5 nitrogen and oxygen atoms in total. The molecule has 2 fully saturated rings. The number of halogens is 2. The summed E-state index contributed by atoms with van der Waals surface area (Å²) in [6, 6.07) is 13.0. The zero-order chi connectivity index (χ0) is 20.8. The van der Waals surface area contributed by atoms with Crippen molar-refractivity contribution in [1.82, 2.24) is 5.01 Å². The average molecular weight is 486 g/mol. The van der Waals surface area contributed by atoms with Crippen molar-refractivity contribution >= 4 is 45.6 Å². The van der Waals surface area contributed by atoms with Gasteiger partial charge in [-0.1, -0.05) is 51.8 Å². The van der Waals surface area contributed by atoms with Crippen LogP contribution in [-0.4, -0.2) is 23.0 Å². The minimum atomic E-state index is -0.267. The summed E-state index contributed by atoms with van der Waals surface area (Å²) in [6.45, 7) is 0.372. The molecule has 5 rings (SSSR count). The fourth-order valence-corrected chi connectivity index (χ4v) is 5.06. The number of hydrogen-bond donors (Lipinski definition) is 0. The van der Waals surface area contributed by atoms with Crippen molar-refractivity contribution in [2.75, 3.05) is 0 Å². The number of benzene rings is 2. The highest BCUT2D eigenvalue weighted by molar-refractivity contribution is 9.10. The van der Waals surface area contributed by atoms with Crippen molar-refractivity contribution in [3.8, 4) is 5.75 Å². The molecule has 1 saturated carbocycles. The summed E-state index contributed by atoms with van der Waals surface area (Å²) in [5.74, 6) is -0.0588. The van der Waals surface area contributed by atoms with Gasteiger partial charge in [-0.05, 0) is 54.2 Å². The van der Waals surface area contributed by atoms with Crippen molar-refractivity contribution in [3.63, 3.8) is 0 Å².